The van der Waals surface area contributed by atoms with Crippen LogP contribution in [0.4, 0.5) is 0 Å². The molecule has 0 aromatic heterocycles. The fourth-order valence-corrected chi connectivity index (χ4v) is 3.63. The van der Waals surface area contributed by atoms with Crippen molar-refractivity contribution in [3.63, 3.8) is 0 Å². The minimum atomic E-state index is -0.307. The minimum Gasteiger partial charge on any atom is -0.489 e. The van der Waals surface area contributed by atoms with E-state index in [9.17, 15) is 9.59 Å². The molecule has 0 amide bonds. The summed E-state index contributed by atoms with van der Waals surface area (Å²) >= 11 is 0. The molecule has 0 fully saturated rings. The lowest BCUT2D eigenvalue weighted by Gasteiger charge is -2.16. The van der Waals surface area contributed by atoms with Gasteiger partial charge in [-0.25, -0.2) is 0 Å². The van der Waals surface area contributed by atoms with Crippen LogP contribution in [0, 0.1) is 27.7 Å². The van der Waals surface area contributed by atoms with Crippen LogP contribution in [0.1, 0.15) is 47.2 Å². The quantitative estimate of drug-likeness (QED) is 0.413. The molecule has 2 rings (SSSR count). The van der Waals surface area contributed by atoms with Crippen molar-refractivity contribution in [2.24, 2.45) is 0 Å². The van der Waals surface area contributed by atoms with E-state index in [1.807, 2.05) is 27.7 Å². The van der Waals surface area contributed by atoms with Gasteiger partial charge >= 0.3 is 11.9 Å². The molecule has 2 aromatic rings. The zero-order chi connectivity index (χ0) is 23.0. The summed E-state index contributed by atoms with van der Waals surface area (Å²) in [7, 11) is 0. The number of carbonyl (C=O) groups is 2. The third-order valence-corrected chi connectivity index (χ3v) is 4.72. The van der Waals surface area contributed by atoms with Crippen molar-refractivity contribution in [3.05, 3.63) is 57.6 Å². The summed E-state index contributed by atoms with van der Waals surface area (Å²) in [5.74, 6) is 1.05. The van der Waals surface area contributed by atoms with E-state index in [1.165, 1.54) is 25.0 Å². The van der Waals surface area contributed by atoms with Crippen LogP contribution < -0.4 is 9.47 Å². The Morgan fingerprint density at radius 1 is 0.613 bits per heavy atom. The number of ether oxygens (including phenoxy) is 4. The van der Waals surface area contributed by atoms with E-state index in [2.05, 4.69) is 24.3 Å². The number of esters is 2. The van der Waals surface area contributed by atoms with Crippen molar-refractivity contribution >= 4 is 11.9 Å². The van der Waals surface area contributed by atoms with Gasteiger partial charge in [-0.2, -0.15) is 0 Å². The molecule has 6 heteroatoms. The van der Waals surface area contributed by atoms with Gasteiger partial charge < -0.3 is 18.9 Å². The summed E-state index contributed by atoms with van der Waals surface area (Å²) in [6.45, 7) is 12.0. The van der Waals surface area contributed by atoms with E-state index in [1.54, 1.807) is 0 Å². The third kappa shape index (κ3) is 7.63. The van der Waals surface area contributed by atoms with Gasteiger partial charge in [0.2, 0.25) is 0 Å². The SMILES string of the molecule is CC(=O)OCCOc1c(C)cc(Cc2cc(C)c(OCCOC(C)=O)c(C)c2)cc1C. The maximum absolute atomic E-state index is 10.9. The normalized spacial score (nSPS) is 10.5. The molecule has 2 aromatic carbocycles. The van der Waals surface area contributed by atoms with E-state index in [0.717, 1.165) is 40.2 Å². The lowest BCUT2D eigenvalue weighted by atomic mass is 9.97. The van der Waals surface area contributed by atoms with E-state index >= 15 is 0 Å². The third-order valence-electron chi connectivity index (χ3n) is 4.72. The number of benzene rings is 2. The second-order valence-electron chi connectivity index (χ2n) is 7.67. The van der Waals surface area contributed by atoms with Crippen LogP contribution >= 0.6 is 0 Å². The number of carbonyl (C=O) groups excluding carboxylic acids is 2. The molecule has 0 radical (unpaired) electrons. The number of rotatable bonds is 10. The van der Waals surface area contributed by atoms with Gasteiger partial charge in [0.1, 0.15) is 37.9 Å². The Morgan fingerprint density at radius 3 is 1.23 bits per heavy atom. The molecule has 0 spiro atoms. The largest absolute Gasteiger partial charge is 0.489 e. The summed E-state index contributed by atoms with van der Waals surface area (Å²) in [5.41, 5.74) is 6.61. The van der Waals surface area contributed by atoms with Crippen molar-refractivity contribution in [2.75, 3.05) is 26.4 Å². The minimum absolute atomic E-state index is 0.240. The first-order chi connectivity index (χ1) is 14.7. The molecular formula is C25H32O6. The highest BCUT2D eigenvalue weighted by Gasteiger charge is 2.11. The maximum Gasteiger partial charge on any atom is 0.302 e. The van der Waals surface area contributed by atoms with Gasteiger partial charge in [-0.1, -0.05) is 24.3 Å². The maximum atomic E-state index is 10.9. The molecular weight excluding hydrogens is 396 g/mol. The van der Waals surface area contributed by atoms with Crippen molar-refractivity contribution in [1.29, 1.82) is 0 Å². The highest BCUT2D eigenvalue weighted by atomic mass is 16.6. The van der Waals surface area contributed by atoms with E-state index < -0.39 is 0 Å². The molecule has 0 bridgehead atoms. The zero-order valence-electron chi connectivity index (χ0n) is 19.3. The lowest BCUT2D eigenvalue weighted by molar-refractivity contribution is -0.142. The number of hydrogen-bond donors (Lipinski definition) is 0. The van der Waals surface area contributed by atoms with Crippen molar-refractivity contribution < 1.29 is 28.5 Å². The van der Waals surface area contributed by atoms with Crippen LogP contribution in [0.25, 0.3) is 0 Å². The van der Waals surface area contributed by atoms with Gasteiger partial charge in [0.05, 0.1) is 0 Å². The van der Waals surface area contributed by atoms with Crippen molar-refractivity contribution in [2.45, 2.75) is 48.0 Å². The van der Waals surface area contributed by atoms with Crippen LogP contribution in [0.15, 0.2) is 24.3 Å². The first-order valence-corrected chi connectivity index (χ1v) is 10.4. The molecule has 0 atom stereocenters. The molecule has 0 saturated carbocycles. The van der Waals surface area contributed by atoms with Gasteiger partial charge in [0.15, 0.2) is 0 Å². The first-order valence-electron chi connectivity index (χ1n) is 10.4. The van der Waals surface area contributed by atoms with Crippen LogP contribution in [0.3, 0.4) is 0 Å². The lowest BCUT2D eigenvalue weighted by Crippen LogP contribution is -2.11. The fraction of sp³-hybridized carbons (Fsp3) is 0.440. The molecule has 0 N–H and O–H groups in total. The summed E-state index contributed by atoms with van der Waals surface area (Å²) in [4.78, 5) is 21.7. The highest BCUT2D eigenvalue weighted by Crippen LogP contribution is 2.29. The summed E-state index contributed by atoms with van der Waals surface area (Å²) in [5, 5.41) is 0. The van der Waals surface area contributed by atoms with E-state index in [4.69, 9.17) is 18.9 Å². The summed E-state index contributed by atoms with van der Waals surface area (Å²) in [6, 6.07) is 8.51. The predicted molar refractivity (Wildman–Crippen MR) is 119 cm³/mol. The molecule has 31 heavy (non-hydrogen) atoms. The van der Waals surface area contributed by atoms with Gasteiger partial charge in [-0.05, 0) is 67.5 Å². The Balaban J connectivity index is 2.05. The van der Waals surface area contributed by atoms with Gasteiger partial charge in [-0.3, -0.25) is 9.59 Å². The zero-order valence-corrected chi connectivity index (χ0v) is 19.3. The molecule has 6 nitrogen and oxygen atoms in total. The van der Waals surface area contributed by atoms with Crippen LogP contribution in [0.2, 0.25) is 0 Å². The molecule has 0 unspecified atom stereocenters. The smallest absolute Gasteiger partial charge is 0.302 e. The molecule has 168 valence electrons. The molecule has 0 aliphatic carbocycles. The average Bonchev–Trinajstić information content (AvgIpc) is 2.65. The molecule has 0 saturated heterocycles. The van der Waals surface area contributed by atoms with E-state index in [0.29, 0.717) is 13.2 Å². The van der Waals surface area contributed by atoms with Crippen LogP contribution in [0.5, 0.6) is 11.5 Å². The van der Waals surface area contributed by atoms with Gasteiger partial charge in [0.25, 0.3) is 0 Å². The average molecular weight is 429 g/mol. The Kier molecular flexibility index (Phi) is 8.91. The van der Waals surface area contributed by atoms with E-state index in [-0.39, 0.29) is 25.2 Å². The summed E-state index contributed by atoms with van der Waals surface area (Å²) < 4.78 is 21.5. The number of hydrogen-bond acceptors (Lipinski definition) is 6. The Bertz CT molecular complexity index is 810. The van der Waals surface area contributed by atoms with Gasteiger partial charge in [0, 0.05) is 13.8 Å². The second kappa shape index (κ2) is 11.4. The standard InChI is InChI=1S/C25H32O6/c1-16-11-22(12-17(2)24(16)30-9-7-28-20(5)26)15-23-13-18(3)25(19(4)14-23)31-10-8-29-21(6)27/h11-14H,7-10,15H2,1-6H3. The molecule has 0 aliphatic rings. The Morgan fingerprint density at radius 2 is 0.935 bits per heavy atom. The first kappa shape index (κ1) is 24.3. The molecule has 0 aliphatic heterocycles. The van der Waals surface area contributed by atoms with Gasteiger partial charge in [-0.15, -0.1) is 0 Å². The second-order valence-corrected chi connectivity index (χ2v) is 7.67. The monoisotopic (exact) mass is 428 g/mol. The predicted octanol–water partition coefficient (Wildman–Crippen LogP) is 4.39. The molecule has 0 heterocycles. The van der Waals surface area contributed by atoms with Crippen molar-refractivity contribution in [1.82, 2.24) is 0 Å². The van der Waals surface area contributed by atoms with Crippen LogP contribution in [-0.4, -0.2) is 38.4 Å². The fourth-order valence-electron chi connectivity index (χ4n) is 3.63. The van der Waals surface area contributed by atoms with Crippen molar-refractivity contribution in [3.8, 4) is 11.5 Å². The van der Waals surface area contributed by atoms with Crippen LogP contribution in [-0.2, 0) is 25.5 Å². The Hall–Kier alpha value is -3.02. The Labute approximate surface area is 184 Å². The highest BCUT2D eigenvalue weighted by molar-refractivity contribution is 5.66. The topological polar surface area (TPSA) is 71.1 Å². The number of aryl methyl sites for hydroxylation is 4. The summed E-state index contributed by atoms with van der Waals surface area (Å²) in [6.07, 6.45) is 0.796.